The van der Waals surface area contributed by atoms with Gasteiger partial charge in [0.05, 0.1) is 0 Å². The summed E-state index contributed by atoms with van der Waals surface area (Å²) in [5.74, 6) is 0. The Hall–Kier alpha value is -0.860. The molecule has 17 heavy (non-hydrogen) atoms. The van der Waals surface area contributed by atoms with Gasteiger partial charge in [-0.3, -0.25) is 0 Å². The first-order valence-corrected chi connectivity index (χ1v) is 6.41. The molecule has 2 heteroatoms. The molecule has 0 saturated carbocycles. The fourth-order valence-corrected chi connectivity index (χ4v) is 2.18. The lowest BCUT2D eigenvalue weighted by Gasteiger charge is -2.19. The Morgan fingerprint density at radius 1 is 1.12 bits per heavy atom. The summed E-state index contributed by atoms with van der Waals surface area (Å²) in [6.07, 6.45) is 1.11. The fourth-order valence-electron chi connectivity index (χ4n) is 2.18. The van der Waals surface area contributed by atoms with Crippen molar-refractivity contribution in [2.24, 2.45) is 5.73 Å². The highest BCUT2D eigenvalue weighted by molar-refractivity contribution is 5.36. The third kappa shape index (κ3) is 4.49. The van der Waals surface area contributed by atoms with Crippen molar-refractivity contribution < 1.29 is 0 Å². The van der Waals surface area contributed by atoms with Gasteiger partial charge in [0.1, 0.15) is 0 Å². The minimum atomic E-state index is 0.251. The number of hydrogen-bond acceptors (Lipinski definition) is 2. The van der Waals surface area contributed by atoms with Gasteiger partial charge in [-0.25, -0.2) is 0 Å². The van der Waals surface area contributed by atoms with Crippen LogP contribution in [0.1, 0.15) is 29.2 Å². The van der Waals surface area contributed by atoms with Crippen molar-refractivity contribution in [3.63, 3.8) is 0 Å². The smallest absolute Gasteiger partial charge is 0.0139 e. The second kappa shape index (κ2) is 6.18. The maximum atomic E-state index is 5.79. The highest BCUT2D eigenvalue weighted by Crippen LogP contribution is 2.16. The lowest BCUT2D eigenvalue weighted by molar-refractivity contribution is 0.321. The van der Waals surface area contributed by atoms with Gasteiger partial charge in [0.25, 0.3) is 0 Å². The lowest BCUT2D eigenvalue weighted by atomic mass is 9.99. The van der Waals surface area contributed by atoms with E-state index in [1.165, 1.54) is 22.3 Å². The molecule has 0 aliphatic carbocycles. The number of benzene rings is 1. The van der Waals surface area contributed by atoms with Gasteiger partial charge in [0.15, 0.2) is 0 Å². The van der Waals surface area contributed by atoms with E-state index >= 15 is 0 Å². The van der Waals surface area contributed by atoms with Gasteiger partial charge >= 0.3 is 0 Å². The number of likely N-dealkylation sites (N-methyl/N-ethyl adjacent to an activating group) is 1. The average molecular weight is 234 g/mol. The quantitative estimate of drug-likeness (QED) is 0.848. The Bertz CT molecular complexity index is 369. The van der Waals surface area contributed by atoms with Crippen molar-refractivity contribution in [3.8, 4) is 0 Å². The summed E-state index contributed by atoms with van der Waals surface area (Å²) in [5, 5.41) is 0. The molecule has 0 fully saturated rings. The predicted octanol–water partition coefficient (Wildman–Crippen LogP) is 2.43. The number of nitrogens with two attached hydrogens (primary N) is 1. The molecular formula is C15H26N2. The van der Waals surface area contributed by atoms with E-state index in [0.29, 0.717) is 0 Å². The second-order valence-corrected chi connectivity index (χ2v) is 5.35. The van der Waals surface area contributed by atoms with Crippen molar-refractivity contribution >= 4 is 0 Å². The van der Waals surface area contributed by atoms with E-state index in [9.17, 15) is 0 Å². The van der Waals surface area contributed by atoms with Crippen LogP contribution in [0.3, 0.4) is 0 Å². The van der Waals surface area contributed by atoms with Gasteiger partial charge in [-0.05, 0) is 63.4 Å². The zero-order valence-electron chi connectivity index (χ0n) is 11.9. The molecule has 1 aromatic carbocycles. The molecule has 0 aromatic heterocycles. The maximum absolute atomic E-state index is 5.79. The Balaban J connectivity index is 2.60. The van der Waals surface area contributed by atoms with Gasteiger partial charge in [0, 0.05) is 19.1 Å². The molecule has 0 radical (unpaired) electrons. The first-order valence-electron chi connectivity index (χ1n) is 6.41. The highest BCUT2D eigenvalue weighted by atomic mass is 15.1. The van der Waals surface area contributed by atoms with Crippen LogP contribution >= 0.6 is 0 Å². The summed E-state index contributed by atoms with van der Waals surface area (Å²) in [5.41, 5.74) is 11.4. The van der Waals surface area contributed by atoms with Crippen molar-refractivity contribution in [3.05, 3.63) is 34.4 Å². The van der Waals surface area contributed by atoms with Gasteiger partial charge in [-0.2, -0.15) is 0 Å². The summed E-state index contributed by atoms with van der Waals surface area (Å²) in [6.45, 7) is 10.7. The minimum absolute atomic E-state index is 0.251. The molecule has 0 heterocycles. The molecule has 0 saturated heterocycles. The number of hydrogen-bond donors (Lipinski definition) is 1. The number of aryl methyl sites for hydroxylation is 3. The van der Waals surface area contributed by atoms with Crippen LogP contribution in [-0.2, 0) is 6.42 Å². The molecule has 0 aliphatic heterocycles. The number of rotatable bonds is 5. The minimum Gasteiger partial charge on any atom is -0.327 e. The average Bonchev–Trinajstić information content (AvgIpc) is 2.20. The Morgan fingerprint density at radius 2 is 1.71 bits per heavy atom. The molecule has 1 rings (SSSR count). The van der Waals surface area contributed by atoms with Crippen LogP contribution in [0, 0.1) is 20.8 Å². The van der Waals surface area contributed by atoms with Crippen LogP contribution in [-0.4, -0.2) is 31.1 Å². The van der Waals surface area contributed by atoms with Crippen LogP contribution < -0.4 is 5.73 Å². The largest absolute Gasteiger partial charge is 0.327 e. The summed E-state index contributed by atoms with van der Waals surface area (Å²) in [7, 11) is 2.14. The summed E-state index contributed by atoms with van der Waals surface area (Å²) < 4.78 is 0. The molecule has 1 unspecified atom stereocenters. The molecule has 1 atom stereocenters. The summed E-state index contributed by atoms with van der Waals surface area (Å²) >= 11 is 0. The highest BCUT2D eigenvalue weighted by Gasteiger charge is 2.05. The molecular weight excluding hydrogens is 208 g/mol. The molecule has 2 N–H and O–H groups in total. The first-order chi connectivity index (χ1) is 7.90. The van der Waals surface area contributed by atoms with E-state index in [1.807, 2.05) is 0 Å². The van der Waals surface area contributed by atoms with Gasteiger partial charge in [-0.1, -0.05) is 12.1 Å². The molecule has 0 bridgehead atoms. The van der Waals surface area contributed by atoms with E-state index in [4.69, 9.17) is 5.73 Å². The summed E-state index contributed by atoms with van der Waals surface area (Å²) in [4.78, 5) is 2.30. The molecule has 0 aliphatic rings. The van der Waals surface area contributed by atoms with Crippen LogP contribution in [0.4, 0.5) is 0 Å². The predicted molar refractivity (Wildman–Crippen MR) is 75.5 cm³/mol. The molecule has 1 aromatic rings. The standard InChI is InChI=1S/C15H26N2/c1-11-8-13(3)15(9-12(11)2)6-7-17(5)10-14(4)16/h8-9,14H,6-7,10,16H2,1-5H3. The van der Waals surface area contributed by atoms with Crippen LogP contribution in [0.5, 0.6) is 0 Å². The van der Waals surface area contributed by atoms with Gasteiger partial charge in [0.2, 0.25) is 0 Å². The monoisotopic (exact) mass is 234 g/mol. The van der Waals surface area contributed by atoms with E-state index in [1.54, 1.807) is 0 Å². The van der Waals surface area contributed by atoms with Crippen LogP contribution in [0.25, 0.3) is 0 Å². The van der Waals surface area contributed by atoms with Crippen molar-refractivity contribution in [1.82, 2.24) is 4.90 Å². The Kier molecular flexibility index (Phi) is 5.16. The molecule has 96 valence electrons. The Morgan fingerprint density at radius 3 is 2.29 bits per heavy atom. The third-order valence-corrected chi connectivity index (χ3v) is 3.31. The lowest BCUT2D eigenvalue weighted by Crippen LogP contribution is -2.34. The van der Waals surface area contributed by atoms with Crippen LogP contribution in [0.2, 0.25) is 0 Å². The Labute approximate surface area is 106 Å². The first kappa shape index (κ1) is 14.2. The molecule has 2 nitrogen and oxygen atoms in total. The zero-order chi connectivity index (χ0) is 13.0. The van der Waals surface area contributed by atoms with Crippen molar-refractivity contribution in [1.29, 1.82) is 0 Å². The van der Waals surface area contributed by atoms with Crippen LogP contribution in [0.15, 0.2) is 12.1 Å². The maximum Gasteiger partial charge on any atom is 0.0139 e. The second-order valence-electron chi connectivity index (χ2n) is 5.35. The SMILES string of the molecule is Cc1cc(C)c(CCN(C)CC(C)N)cc1C. The van der Waals surface area contributed by atoms with Crippen molar-refractivity contribution in [2.45, 2.75) is 40.2 Å². The van der Waals surface area contributed by atoms with E-state index < -0.39 is 0 Å². The van der Waals surface area contributed by atoms with Gasteiger partial charge in [-0.15, -0.1) is 0 Å². The molecule has 0 amide bonds. The van der Waals surface area contributed by atoms with E-state index in [2.05, 4.69) is 51.8 Å². The topological polar surface area (TPSA) is 29.3 Å². The number of nitrogens with zero attached hydrogens (tertiary/aromatic N) is 1. The van der Waals surface area contributed by atoms with E-state index in [0.717, 1.165) is 19.5 Å². The molecule has 0 spiro atoms. The van der Waals surface area contributed by atoms with E-state index in [-0.39, 0.29) is 6.04 Å². The third-order valence-electron chi connectivity index (χ3n) is 3.31. The fraction of sp³-hybridized carbons (Fsp3) is 0.600. The normalized spacial score (nSPS) is 13.1. The van der Waals surface area contributed by atoms with Gasteiger partial charge < -0.3 is 10.6 Å². The summed E-state index contributed by atoms with van der Waals surface area (Å²) in [6, 6.07) is 4.86. The zero-order valence-corrected chi connectivity index (χ0v) is 11.9. The van der Waals surface area contributed by atoms with Crippen molar-refractivity contribution in [2.75, 3.05) is 20.1 Å².